The van der Waals surface area contributed by atoms with E-state index in [2.05, 4.69) is 9.69 Å². The lowest BCUT2D eigenvalue weighted by Crippen LogP contribution is -2.46. The lowest BCUT2D eigenvalue weighted by Gasteiger charge is -2.33. The molecule has 0 aliphatic heterocycles. The number of ether oxygens (including phenoxy) is 2. The van der Waals surface area contributed by atoms with Gasteiger partial charge in [0.2, 0.25) is 5.91 Å². The van der Waals surface area contributed by atoms with Gasteiger partial charge >= 0.3 is 0 Å². The number of primary amides is 1. The van der Waals surface area contributed by atoms with Gasteiger partial charge in [0.25, 0.3) is 11.8 Å². The van der Waals surface area contributed by atoms with E-state index in [1.807, 2.05) is 32.0 Å². The summed E-state index contributed by atoms with van der Waals surface area (Å²) in [4.78, 5) is 41.7. The first-order valence-corrected chi connectivity index (χ1v) is 13.4. The van der Waals surface area contributed by atoms with Crippen LogP contribution in [0, 0.1) is 13.8 Å². The average molecular weight is 552 g/mol. The zero-order chi connectivity index (χ0) is 28.3. The summed E-state index contributed by atoms with van der Waals surface area (Å²) < 4.78 is 14.9. The third-order valence-corrected chi connectivity index (χ3v) is 7.78. The first kappa shape index (κ1) is 27.9. The van der Waals surface area contributed by atoms with Gasteiger partial charge in [0.1, 0.15) is 10.9 Å². The normalized spacial score (nSPS) is 14.1. The van der Waals surface area contributed by atoms with Crippen LogP contribution in [0.2, 0.25) is 0 Å². The summed E-state index contributed by atoms with van der Waals surface area (Å²) in [5, 5.41) is 3.15. The van der Waals surface area contributed by atoms with Gasteiger partial charge in [-0.2, -0.15) is 4.37 Å². The Morgan fingerprint density at radius 1 is 1.05 bits per heavy atom. The van der Waals surface area contributed by atoms with Crippen LogP contribution in [-0.4, -0.2) is 42.4 Å². The number of hydrogen-bond acceptors (Lipinski definition) is 8. The van der Waals surface area contributed by atoms with E-state index in [9.17, 15) is 14.4 Å². The molecule has 206 valence electrons. The molecule has 4 rings (SSSR count). The number of nitrogens with one attached hydrogen (secondary N) is 1. The SMILES string of the molecule is COc1ccc(C(C(=O)NC2CCCC2)N(C(=O)c2snc(C(N)=O)c2N)c2cc(C)ccc2C)cc1OC. The molecule has 1 saturated carbocycles. The fourth-order valence-corrected chi connectivity index (χ4v) is 5.62. The van der Waals surface area contributed by atoms with Gasteiger partial charge in [-0.1, -0.05) is 31.0 Å². The van der Waals surface area contributed by atoms with E-state index in [4.69, 9.17) is 20.9 Å². The largest absolute Gasteiger partial charge is 0.493 e. The van der Waals surface area contributed by atoms with E-state index in [0.29, 0.717) is 22.7 Å². The Balaban J connectivity index is 1.93. The van der Waals surface area contributed by atoms with E-state index in [-0.39, 0.29) is 28.2 Å². The van der Waals surface area contributed by atoms with Crippen molar-refractivity contribution >= 4 is 40.6 Å². The molecule has 0 radical (unpaired) electrons. The van der Waals surface area contributed by atoms with Crippen molar-refractivity contribution in [3.63, 3.8) is 0 Å². The lowest BCUT2D eigenvalue weighted by atomic mass is 9.99. The van der Waals surface area contributed by atoms with Crippen molar-refractivity contribution < 1.29 is 23.9 Å². The fraction of sp³-hybridized carbons (Fsp3) is 0.357. The Labute approximate surface area is 231 Å². The Bertz CT molecular complexity index is 1400. The van der Waals surface area contributed by atoms with Gasteiger partial charge in [-0.25, -0.2) is 0 Å². The Morgan fingerprint density at radius 2 is 1.74 bits per heavy atom. The summed E-state index contributed by atoms with van der Waals surface area (Å²) >= 11 is 0.773. The molecule has 11 heteroatoms. The highest BCUT2D eigenvalue weighted by molar-refractivity contribution is 7.09. The minimum atomic E-state index is -1.10. The highest BCUT2D eigenvalue weighted by Crippen LogP contribution is 2.38. The quantitative estimate of drug-likeness (QED) is 0.365. The second-order valence-electron chi connectivity index (χ2n) is 9.61. The van der Waals surface area contributed by atoms with Crippen LogP contribution in [0.4, 0.5) is 11.4 Å². The smallest absolute Gasteiger partial charge is 0.273 e. The van der Waals surface area contributed by atoms with Crippen LogP contribution < -0.4 is 31.2 Å². The van der Waals surface area contributed by atoms with E-state index in [1.54, 1.807) is 18.2 Å². The second-order valence-corrected chi connectivity index (χ2v) is 10.4. The standard InChI is InChI=1S/C28H33N5O5S/c1-15-9-10-16(2)19(13-15)33(28(36)25-22(29)23(26(30)34)32-39-25)24(27(35)31-18-7-5-6-8-18)17-11-12-20(37-3)21(14-17)38-4/h9-14,18,24H,5-8,29H2,1-4H3,(H2,30,34)(H,31,35). The van der Waals surface area contributed by atoms with E-state index < -0.39 is 17.9 Å². The highest BCUT2D eigenvalue weighted by atomic mass is 32.1. The van der Waals surface area contributed by atoms with Crippen molar-refractivity contribution in [3.8, 4) is 11.5 Å². The molecule has 1 fully saturated rings. The number of aromatic nitrogens is 1. The van der Waals surface area contributed by atoms with Crippen molar-refractivity contribution in [2.75, 3.05) is 24.9 Å². The number of anilines is 2. The van der Waals surface area contributed by atoms with Gasteiger partial charge in [-0.05, 0) is 73.1 Å². The molecule has 1 atom stereocenters. The third-order valence-electron chi connectivity index (χ3n) is 6.93. The monoisotopic (exact) mass is 551 g/mol. The van der Waals surface area contributed by atoms with Crippen LogP contribution in [-0.2, 0) is 4.79 Å². The number of carbonyl (C=O) groups is 3. The van der Waals surface area contributed by atoms with Gasteiger partial charge in [-0.15, -0.1) is 0 Å². The molecule has 1 aromatic heterocycles. The van der Waals surface area contributed by atoms with Crippen LogP contribution >= 0.6 is 11.5 Å². The van der Waals surface area contributed by atoms with Crippen LogP contribution in [0.5, 0.6) is 11.5 Å². The van der Waals surface area contributed by atoms with Gasteiger partial charge in [0, 0.05) is 11.7 Å². The number of rotatable bonds is 9. The fourth-order valence-electron chi connectivity index (χ4n) is 4.87. The number of nitrogens with two attached hydrogens (primary N) is 2. The van der Waals surface area contributed by atoms with E-state index in [0.717, 1.165) is 48.3 Å². The molecule has 1 heterocycles. The topological polar surface area (TPSA) is 150 Å². The summed E-state index contributed by atoms with van der Waals surface area (Å²) in [7, 11) is 3.03. The number of nitrogen functional groups attached to an aromatic ring is 1. The van der Waals surface area contributed by atoms with Crippen LogP contribution in [0.3, 0.4) is 0 Å². The van der Waals surface area contributed by atoms with Gasteiger partial charge in [-0.3, -0.25) is 19.3 Å². The average Bonchev–Trinajstić information content (AvgIpc) is 3.57. The minimum absolute atomic E-state index is 0.00522. The number of methoxy groups -OCH3 is 2. The Morgan fingerprint density at radius 3 is 2.36 bits per heavy atom. The molecular weight excluding hydrogens is 518 g/mol. The molecule has 0 spiro atoms. The van der Waals surface area contributed by atoms with Crippen molar-refractivity contribution in [1.29, 1.82) is 0 Å². The molecule has 10 nitrogen and oxygen atoms in total. The lowest BCUT2D eigenvalue weighted by molar-refractivity contribution is -0.123. The minimum Gasteiger partial charge on any atom is -0.493 e. The van der Waals surface area contributed by atoms with Crippen molar-refractivity contribution in [3.05, 3.63) is 63.7 Å². The molecule has 1 unspecified atom stereocenters. The van der Waals surface area contributed by atoms with E-state index in [1.165, 1.54) is 19.1 Å². The van der Waals surface area contributed by atoms with Gasteiger partial charge in [0.05, 0.1) is 19.9 Å². The van der Waals surface area contributed by atoms with Crippen LogP contribution in [0.15, 0.2) is 36.4 Å². The maximum absolute atomic E-state index is 14.3. The van der Waals surface area contributed by atoms with Crippen LogP contribution in [0.1, 0.15) is 68.6 Å². The van der Waals surface area contributed by atoms with E-state index >= 15 is 0 Å². The molecule has 1 aliphatic carbocycles. The molecule has 2 aromatic carbocycles. The second kappa shape index (κ2) is 11.7. The molecule has 1 aliphatic rings. The summed E-state index contributed by atoms with van der Waals surface area (Å²) in [5.74, 6) is -0.861. The molecule has 39 heavy (non-hydrogen) atoms. The first-order valence-electron chi connectivity index (χ1n) is 12.6. The van der Waals surface area contributed by atoms with Crippen LogP contribution in [0.25, 0.3) is 0 Å². The molecule has 3 aromatic rings. The van der Waals surface area contributed by atoms with Crippen molar-refractivity contribution in [2.24, 2.45) is 5.73 Å². The number of amides is 3. The molecular formula is C28H33N5O5S. The summed E-state index contributed by atoms with van der Waals surface area (Å²) in [6.45, 7) is 3.77. The summed E-state index contributed by atoms with van der Waals surface area (Å²) in [5.41, 5.74) is 14.0. The van der Waals surface area contributed by atoms with Gasteiger partial charge < -0.3 is 26.3 Å². The summed E-state index contributed by atoms with van der Waals surface area (Å²) in [6, 6.07) is 9.68. The number of carbonyl (C=O) groups excluding carboxylic acids is 3. The zero-order valence-corrected chi connectivity index (χ0v) is 23.3. The predicted octanol–water partition coefficient (Wildman–Crippen LogP) is 3.91. The van der Waals surface area contributed by atoms with Gasteiger partial charge in [0.15, 0.2) is 17.2 Å². The first-order chi connectivity index (χ1) is 18.7. The number of nitrogens with zero attached hydrogens (tertiary/aromatic N) is 2. The number of hydrogen-bond donors (Lipinski definition) is 3. The molecule has 0 saturated heterocycles. The summed E-state index contributed by atoms with van der Waals surface area (Å²) in [6.07, 6.45) is 3.79. The molecule has 5 N–H and O–H groups in total. The molecule has 0 bridgehead atoms. The highest BCUT2D eigenvalue weighted by Gasteiger charge is 2.38. The van der Waals surface area contributed by atoms with Crippen molar-refractivity contribution in [1.82, 2.24) is 9.69 Å². The van der Waals surface area contributed by atoms with Crippen molar-refractivity contribution in [2.45, 2.75) is 51.6 Å². The maximum atomic E-state index is 14.3. The number of benzene rings is 2. The number of aryl methyl sites for hydroxylation is 2. The molecule has 3 amide bonds. The zero-order valence-electron chi connectivity index (χ0n) is 22.4. The predicted molar refractivity (Wildman–Crippen MR) is 150 cm³/mol. The Kier molecular flexibility index (Phi) is 8.39. The Hall–Kier alpha value is -4.12. The maximum Gasteiger partial charge on any atom is 0.273 e. The third kappa shape index (κ3) is 5.68.